The lowest BCUT2D eigenvalue weighted by Gasteiger charge is -2.10. The summed E-state index contributed by atoms with van der Waals surface area (Å²) in [6.07, 6.45) is 8.00. The van der Waals surface area contributed by atoms with Crippen molar-refractivity contribution in [2.45, 2.75) is 39.2 Å². The van der Waals surface area contributed by atoms with Gasteiger partial charge in [0.25, 0.3) is 0 Å². The first-order valence-corrected chi connectivity index (χ1v) is 5.81. The maximum absolute atomic E-state index is 11.7. The lowest BCUT2D eigenvalue weighted by atomic mass is 10.1. The second-order valence-electron chi connectivity index (χ2n) is 3.98. The molecule has 0 heterocycles. The highest BCUT2D eigenvalue weighted by Gasteiger charge is 2.28. The largest absolute Gasteiger partial charge is 0.369 e. The summed E-state index contributed by atoms with van der Waals surface area (Å²) in [5, 5.41) is 0. The van der Waals surface area contributed by atoms with Crippen LogP contribution in [0.5, 0.6) is 0 Å². The van der Waals surface area contributed by atoms with Crippen LogP contribution in [0, 0.1) is 0 Å². The zero-order valence-electron chi connectivity index (χ0n) is 10.2. The maximum Gasteiger partial charge on any atom is 0.162 e. The molecule has 1 rings (SSSR count). The number of carbonyl (C=O) groups is 1. The summed E-state index contributed by atoms with van der Waals surface area (Å²) in [6, 6.07) is 0. The molecule has 1 aliphatic carbocycles. The Morgan fingerprint density at radius 1 is 1.50 bits per heavy atom. The van der Waals surface area contributed by atoms with E-state index in [1.54, 1.807) is 6.08 Å². The van der Waals surface area contributed by atoms with Gasteiger partial charge in [-0.15, -0.1) is 6.58 Å². The molecule has 1 atom stereocenters. The normalized spacial score (nSPS) is 21.1. The first-order valence-electron chi connectivity index (χ1n) is 5.81. The topological polar surface area (TPSA) is 26.3 Å². The zero-order valence-corrected chi connectivity index (χ0v) is 10.2. The molecule has 0 N–H and O–H groups in total. The van der Waals surface area contributed by atoms with E-state index in [0.717, 1.165) is 17.6 Å². The van der Waals surface area contributed by atoms with Gasteiger partial charge in [-0.3, -0.25) is 4.79 Å². The Kier molecular flexibility index (Phi) is 5.20. The van der Waals surface area contributed by atoms with Crippen molar-refractivity contribution in [3.63, 3.8) is 0 Å². The summed E-state index contributed by atoms with van der Waals surface area (Å²) < 4.78 is 5.66. The molecule has 0 spiro atoms. The Balaban J connectivity index is 2.54. The molecule has 0 saturated carbocycles. The van der Waals surface area contributed by atoms with E-state index in [4.69, 9.17) is 4.74 Å². The molecule has 0 aliphatic heterocycles. The minimum absolute atomic E-state index is 0.0241. The Morgan fingerprint density at radius 3 is 2.88 bits per heavy atom. The SMILES string of the molecule is C=CCC1=C(C)C(OC/C=C\CC)CC1=O. The van der Waals surface area contributed by atoms with Crippen LogP contribution in [0.1, 0.15) is 33.1 Å². The van der Waals surface area contributed by atoms with Gasteiger partial charge >= 0.3 is 0 Å². The van der Waals surface area contributed by atoms with E-state index in [-0.39, 0.29) is 11.9 Å². The minimum atomic E-state index is -0.0241. The van der Waals surface area contributed by atoms with Crippen molar-refractivity contribution in [1.82, 2.24) is 0 Å². The summed E-state index contributed by atoms with van der Waals surface area (Å²) >= 11 is 0. The highest BCUT2D eigenvalue weighted by molar-refractivity contribution is 5.99. The van der Waals surface area contributed by atoms with E-state index in [1.165, 1.54) is 0 Å². The lowest BCUT2D eigenvalue weighted by molar-refractivity contribution is -0.116. The molecule has 2 nitrogen and oxygen atoms in total. The number of ketones is 1. The van der Waals surface area contributed by atoms with Gasteiger partial charge in [0.15, 0.2) is 5.78 Å². The molecule has 0 aromatic rings. The van der Waals surface area contributed by atoms with Gasteiger partial charge in [-0.05, 0) is 25.3 Å². The van der Waals surface area contributed by atoms with Crippen molar-refractivity contribution in [2.75, 3.05) is 6.61 Å². The smallest absolute Gasteiger partial charge is 0.162 e. The van der Waals surface area contributed by atoms with Crippen LogP contribution < -0.4 is 0 Å². The predicted molar refractivity (Wildman–Crippen MR) is 66.3 cm³/mol. The fraction of sp³-hybridized carbons (Fsp3) is 0.500. The summed E-state index contributed by atoms with van der Waals surface area (Å²) in [5.41, 5.74) is 1.97. The number of carbonyl (C=O) groups excluding carboxylic acids is 1. The molecule has 0 radical (unpaired) electrons. The number of rotatable bonds is 6. The van der Waals surface area contributed by atoms with E-state index in [0.29, 0.717) is 19.4 Å². The molecule has 88 valence electrons. The van der Waals surface area contributed by atoms with Gasteiger partial charge in [0, 0.05) is 12.0 Å². The summed E-state index contributed by atoms with van der Waals surface area (Å²) in [5.74, 6) is 0.210. The van der Waals surface area contributed by atoms with Gasteiger partial charge < -0.3 is 4.74 Å². The predicted octanol–water partition coefficient (Wildman–Crippen LogP) is 3.20. The van der Waals surface area contributed by atoms with Gasteiger partial charge in [0.2, 0.25) is 0 Å². The second-order valence-corrected chi connectivity index (χ2v) is 3.98. The second kappa shape index (κ2) is 6.44. The number of Topliss-reactive ketones (excluding diaryl/α,β-unsaturated/α-hetero) is 1. The number of allylic oxidation sites excluding steroid dienone is 3. The van der Waals surface area contributed by atoms with Crippen molar-refractivity contribution in [3.05, 3.63) is 36.0 Å². The monoisotopic (exact) mass is 220 g/mol. The van der Waals surface area contributed by atoms with Crippen LogP contribution in [0.15, 0.2) is 36.0 Å². The number of hydrogen-bond donors (Lipinski definition) is 0. The average Bonchev–Trinajstić information content (AvgIpc) is 2.53. The Hall–Kier alpha value is -1.15. The first-order chi connectivity index (χ1) is 7.70. The number of ether oxygens (including phenoxy) is 1. The van der Waals surface area contributed by atoms with E-state index in [1.807, 2.05) is 13.0 Å². The van der Waals surface area contributed by atoms with Crippen molar-refractivity contribution in [2.24, 2.45) is 0 Å². The third kappa shape index (κ3) is 3.17. The van der Waals surface area contributed by atoms with Crippen molar-refractivity contribution in [1.29, 1.82) is 0 Å². The Morgan fingerprint density at radius 2 is 2.25 bits per heavy atom. The molecule has 2 heteroatoms. The van der Waals surface area contributed by atoms with Crippen LogP contribution in [0.2, 0.25) is 0 Å². The fourth-order valence-corrected chi connectivity index (χ4v) is 1.87. The Bertz CT molecular complexity index is 324. The molecule has 0 fully saturated rings. The van der Waals surface area contributed by atoms with E-state index in [9.17, 15) is 4.79 Å². The van der Waals surface area contributed by atoms with Crippen molar-refractivity contribution < 1.29 is 9.53 Å². The Labute approximate surface area is 97.7 Å². The van der Waals surface area contributed by atoms with E-state index < -0.39 is 0 Å². The van der Waals surface area contributed by atoms with Crippen molar-refractivity contribution in [3.8, 4) is 0 Å². The summed E-state index contributed by atoms with van der Waals surface area (Å²) in [4.78, 5) is 11.7. The van der Waals surface area contributed by atoms with Gasteiger partial charge in [-0.1, -0.05) is 25.2 Å². The summed E-state index contributed by atoms with van der Waals surface area (Å²) in [6.45, 7) is 8.32. The van der Waals surface area contributed by atoms with Crippen LogP contribution in [-0.4, -0.2) is 18.5 Å². The molecule has 0 amide bonds. The molecule has 0 aromatic heterocycles. The quantitative estimate of drug-likeness (QED) is 0.642. The maximum atomic E-state index is 11.7. The first kappa shape index (κ1) is 12.9. The molecular weight excluding hydrogens is 200 g/mol. The molecule has 16 heavy (non-hydrogen) atoms. The molecule has 0 saturated heterocycles. The van der Waals surface area contributed by atoms with Crippen LogP contribution in [-0.2, 0) is 9.53 Å². The van der Waals surface area contributed by atoms with Crippen LogP contribution in [0.25, 0.3) is 0 Å². The summed E-state index contributed by atoms with van der Waals surface area (Å²) in [7, 11) is 0. The van der Waals surface area contributed by atoms with Crippen LogP contribution in [0.4, 0.5) is 0 Å². The molecule has 0 bridgehead atoms. The van der Waals surface area contributed by atoms with E-state index >= 15 is 0 Å². The average molecular weight is 220 g/mol. The minimum Gasteiger partial charge on any atom is -0.369 e. The molecule has 1 aliphatic rings. The van der Waals surface area contributed by atoms with Crippen LogP contribution >= 0.6 is 0 Å². The van der Waals surface area contributed by atoms with Crippen LogP contribution in [0.3, 0.4) is 0 Å². The highest BCUT2D eigenvalue weighted by atomic mass is 16.5. The standard InChI is InChI=1S/C14H20O2/c1-4-6-7-9-16-14-10-13(15)12(8-5-2)11(14)3/h5-7,14H,2,4,8-10H2,1,3H3/b7-6-. The van der Waals surface area contributed by atoms with Gasteiger partial charge in [-0.2, -0.15) is 0 Å². The fourth-order valence-electron chi connectivity index (χ4n) is 1.87. The van der Waals surface area contributed by atoms with Gasteiger partial charge in [0.05, 0.1) is 12.7 Å². The molecule has 0 aromatic carbocycles. The van der Waals surface area contributed by atoms with E-state index in [2.05, 4.69) is 19.6 Å². The number of hydrogen-bond acceptors (Lipinski definition) is 2. The van der Waals surface area contributed by atoms with Gasteiger partial charge in [0.1, 0.15) is 0 Å². The molecular formula is C14H20O2. The molecule has 1 unspecified atom stereocenters. The van der Waals surface area contributed by atoms with Crippen molar-refractivity contribution >= 4 is 5.78 Å². The third-order valence-corrected chi connectivity index (χ3v) is 2.81. The van der Waals surface area contributed by atoms with Gasteiger partial charge in [-0.25, -0.2) is 0 Å². The highest BCUT2D eigenvalue weighted by Crippen LogP contribution is 2.27. The zero-order chi connectivity index (χ0) is 12.0. The lowest BCUT2D eigenvalue weighted by Crippen LogP contribution is -2.11. The third-order valence-electron chi connectivity index (χ3n) is 2.81.